The van der Waals surface area contributed by atoms with Gasteiger partial charge in [0.2, 0.25) is 0 Å². The van der Waals surface area contributed by atoms with Crippen LogP contribution in [0.15, 0.2) is 72.8 Å². The second-order valence-corrected chi connectivity index (χ2v) is 5.06. The third-order valence-corrected chi connectivity index (χ3v) is 3.66. The van der Waals surface area contributed by atoms with Crippen molar-refractivity contribution in [2.24, 2.45) is 0 Å². The summed E-state index contributed by atoms with van der Waals surface area (Å²) >= 11 is 0. The zero-order chi connectivity index (χ0) is 14.7. The van der Waals surface area contributed by atoms with Crippen molar-refractivity contribution in [3.63, 3.8) is 0 Å². The van der Waals surface area contributed by atoms with Crippen LogP contribution in [-0.2, 0) is 0 Å². The van der Waals surface area contributed by atoms with E-state index in [0.29, 0.717) is 0 Å². The quantitative estimate of drug-likeness (QED) is 0.660. The van der Waals surface area contributed by atoms with E-state index in [9.17, 15) is 0 Å². The fraction of sp³-hybridized carbons (Fsp3) is 0.0526. The van der Waals surface area contributed by atoms with Gasteiger partial charge in [0.05, 0.1) is 0 Å². The highest BCUT2D eigenvalue weighted by Gasteiger charge is 2.06. The number of rotatable bonds is 3. The molecule has 0 atom stereocenters. The van der Waals surface area contributed by atoms with E-state index < -0.39 is 0 Å². The van der Waals surface area contributed by atoms with E-state index >= 15 is 0 Å². The first kappa shape index (κ1) is 13.3. The molecule has 0 amide bonds. The zero-order valence-corrected chi connectivity index (χ0v) is 12.0. The number of hydrogen-bond acceptors (Lipinski definition) is 2. The molecule has 0 unspecified atom stereocenters. The molecule has 0 spiro atoms. The summed E-state index contributed by atoms with van der Waals surface area (Å²) in [6, 6.07) is 24.6. The Morgan fingerprint density at radius 3 is 2.19 bits per heavy atom. The molecule has 0 aliphatic rings. The molecular formula is C19H18N2. The number of nitrogens with one attached hydrogen (secondary N) is 1. The normalized spacial score (nSPS) is 10.3. The first-order valence-electron chi connectivity index (χ1n) is 7.02. The maximum Gasteiger partial charge on any atom is 0.0463 e. The average molecular weight is 274 g/mol. The average Bonchev–Trinajstić information content (AvgIpc) is 2.53. The molecule has 3 N–H and O–H groups in total. The maximum absolute atomic E-state index is 5.98. The van der Waals surface area contributed by atoms with Crippen molar-refractivity contribution in [3.8, 4) is 11.1 Å². The zero-order valence-electron chi connectivity index (χ0n) is 12.0. The first-order valence-corrected chi connectivity index (χ1v) is 7.02. The molecule has 21 heavy (non-hydrogen) atoms. The third-order valence-electron chi connectivity index (χ3n) is 3.66. The lowest BCUT2D eigenvalue weighted by Crippen LogP contribution is -1.98. The van der Waals surface area contributed by atoms with Crippen molar-refractivity contribution < 1.29 is 0 Å². The van der Waals surface area contributed by atoms with Crippen LogP contribution in [0.4, 0.5) is 17.1 Å². The van der Waals surface area contributed by atoms with Crippen LogP contribution in [0.5, 0.6) is 0 Å². The van der Waals surface area contributed by atoms with Crippen LogP contribution in [0.2, 0.25) is 0 Å². The predicted molar refractivity (Wildman–Crippen MR) is 90.8 cm³/mol. The van der Waals surface area contributed by atoms with Gasteiger partial charge in [0.25, 0.3) is 0 Å². The largest absolute Gasteiger partial charge is 0.398 e. The molecule has 0 heterocycles. The Hall–Kier alpha value is -2.74. The highest BCUT2D eigenvalue weighted by atomic mass is 14.9. The molecule has 0 radical (unpaired) electrons. The van der Waals surface area contributed by atoms with Crippen LogP contribution in [0.3, 0.4) is 0 Å². The summed E-state index contributed by atoms with van der Waals surface area (Å²) in [6.07, 6.45) is 0. The van der Waals surface area contributed by atoms with Crippen LogP contribution >= 0.6 is 0 Å². The van der Waals surface area contributed by atoms with Crippen molar-refractivity contribution in [2.45, 2.75) is 6.92 Å². The van der Waals surface area contributed by atoms with Gasteiger partial charge in [-0.3, -0.25) is 0 Å². The van der Waals surface area contributed by atoms with Gasteiger partial charge in [-0.15, -0.1) is 0 Å². The molecule has 0 aliphatic carbocycles. The van der Waals surface area contributed by atoms with Crippen LogP contribution in [0.1, 0.15) is 5.56 Å². The fourth-order valence-corrected chi connectivity index (χ4v) is 2.40. The smallest absolute Gasteiger partial charge is 0.0463 e. The minimum Gasteiger partial charge on any atom is -0.398 e. The van der Waals surface area contributed by atoms with Gasteiger partial charge < -0.3 is 11.1 Å². The lowest BCUT2D eigenvalue weighted by molar-refractivity contribution is 1.43. The number of anilines is 3. The molecule has 0 saturated heterocycles. The monoisotopic (exact) mass is 274 g/mol. The van der Waals surface area contributed by atoms with Gasteiger partial charge in [-0.2, -0.15) is 0 Å². The van der Waals surface area contributed by atoms with Gasteiger partial charge in [-0.1, -0.05) is 54.6 Å². The second kappa shape index (κ2) is 5.71. The van der Waals surface area contributed by atoms with E-state index in [1.807, 2.05) is 37.3 Å². The van der Waals surface area contributed by atoms with Crippen LogP contribution in [-0.4, -0.2) is 0 Å². The summed E-state index contributed by atoms with van der Waals surface area (Å²) in [6.45, 7) is 2.03. The lowest BCUT2D eigenvalue weighted by atomic mass is 10.0. The third kappa shape index (κ3) is 2.75. The Bertz CT molecular complexity index is 749. The van der Waals surface area contributed by atoms with Gasteiger partial charge in [0.1, 0.15) is 0 Å². The molecule has 3 aromatic carbocycles. The molecule has 2 nitrogen and oxygen atoms in total. The van der Waals surface area contributed by atoms with Crippen LogP contribution < -0.4 is 11.1 Å². The molecule has 0 saturated carbocycles. The summed E-state index contributed by atoms with van der Waals surface area (Å²) in [5.74, 6) is 0. The SMILES string of the molecule is Cc1c(N)cccc1Nc1ccccc1-c1ccccc1. The molecule has 0 fully saturated rings. The summed E-state index contributed by atoms with van der Waals surface area (Å²) < 4.78 is 0. The van der Waals surface area contributed by atoms with E-state index in [1.165, 1.54) is 11.1 Å². The Labute approximate surface area is 125 Å². The number of nitrogen functional groups attached to an aromatic ring is 1. The molecular weight excluding hydrogens is 256 g/mol. The molecule has 0 aromatic heterocycles. The minimum atomic E-state index is 0.803. The molecule has 0 bridgehead atoms. The summed E-state index contributed by atoms with van der Waals surface area (Å²) in [7, 11) is 0. The van der Waals surface area contributed by atoms with E-state index in [1.54, 1.807) is 0 Å². The van der Waals surface area contributed by atoms with Gasteiger partial charge in [-0.05, 0) is 36.2 Å². The Morgan fingerprint density at radius 1 is 0.714 bits per heavy atom. The van der Waals surface area contributed by atoms with Gasteiger partial charge in [-0.25, -0.2) is 0 Å². The number of hydrogen-bond donors (Lipinski definition) is 2. The van der Waals surface area contributed by atoms with Crippen molar-refractivity contribution in [1.29, 1.82) is 0 Å². The molecule has 2 heteroatoms. The van der Waals surface area contributed by atoms with Crippen molar-refractivity contribution in [2.75, 3.05) is 11.1 Å². The highest BCUT2D eigenvalue weighted by Crippen LogP contribution is 2.32. The topological polar surface area (TPSA) is 38.0 Å². The van der Waals surface area contributed by atoms with Crippen molar-refractivity contribution in [3.05, 3.63) is 78.4 Å². The molecule has 0 aliphatic heterocycles. The summed E-state index contributed by atoms with van der Waals surface area (Å²) in [5, 5.41) is 3.50. The van der Waals surface area contributed by atoms with E-state index in [2.05, 4.69) is 47.8 Å². The van der Waals surface area contributed by atoms with Crippen LogP contribution in [0, 0.1) is 6.92 Å². The number of benzene rings is 3. The second-order valence-electron chi connectivity index (χ2n) is 5.06. The van der Waals surface area contributed by atoms with E-state index in [4.69, 9.17) is 5.73 Å². The van der Waals surface area contributed by atoms with Gasteiger partial charge in [0.15, 0.2) is 0 Å². The van der Waals surface area contributed by atoms with Gasteiger partial charge >= 0.3 is 0 Å². The van der Waals surface area contributed by atoms with Gasteiger partial charge in [0, 0.05) is 22.6 Å². The Kier molecular flexibility index (Phi) is 3.61. The maximum atomic E-state index is 5.98. The number of nitrogens with two attached hydrogens (primary N) is 1. The number of para-hydroxylation sites is 1. The Balaban J connectivity index is 2.02. The fourth-order valence-electron chi connectivity index (χ4n) is 2.40. The van der Waals surface area contributed by atoms with E-state index in [0.717, 1.165) is 22.6 Å². The van der Waals surface area contributed by atoms with Crippen molar-refractivity contribution >= 4 is 17.1 Å². The predicted octanol–water partition coefficient (Wildman–Crippen LogP) is 4.99. The molecule has 3 aromatic rings. The van der Waals surface area contributed by atoms with E-state index in [-0.39, 0.29) is 0 Å². The minimum absolute atomic E-state index is 0.803. The standard InChI is InChI=1S/C19H18N2/c1-14-17(20)11-7-13-18(14)21-19-12-6-5-10-16(19)15-8-3-2-4-9-15/h2-13,21H,20H2,1H3. The highest BCUT2D eigenvalue weighted by molar-refractivity contribution is 5.82. The first-order chi connectivity index (χ1) is 10.3. The van der Waals surface area contributed by atoms with Crippen molar-refractivity contribution in [1.82, 2.24) is 0 Å². The lowest BCUT2D eigenvalue weighted by Gasteiger charge is -2.15. The Morgan fingerprint density at radius 2 is 1.38 bits per heavy atom. The summed E-state index contributed by atoms with van der Waals surface area (Å²) in [5.41, 5.74) is 12.4. The summed E-state index contributed by atoms with van der Waals surface area (Å²) in [4.78, 5) is 0. The van der Waals surface area contributed by atoms with Crippen LogP contribution in [0.25, 0.3) is 11.1 Å². The molecule has 104 valence electrons. The molecule has 3 rings (SSSR count).